The van der Waals surface area contributed by atoms with Crippen LogP contribution in [0.15, 0.2) is 60.8 Å². The van der Waals surface area contributed by atoms with Gasteiger partial charge in [-0.05, 0) is 68.3 Å². The standard InChI is InChI=1S/C32H27F4N5O5/c1-30(29(37)44)15-46-26-21(30)13-23(41-25(26)16-6-8-20(33)9-7-16)31(45,32(34,35)36)14-39-27(42)19-11-18-3-2-10-38-24(18)22(12-19)40-28(43)17-4-5-17/h2-3,6-13,17,45H,4-5,14-15H2,1H3,(H2,37,44)(H,39,42)(H,40,43)/t30-,31?/m0/s1. The fourth-order valence-electron chi connectivity index (χ4n) is 5.25. The van der Waals surface area contributed by atoms with Crippen molar-refractivity contribution in [3.63, 3.8) is 0 Å². The zero-order chi connectivity index (χ0) is 33.0. The lowest BCUT2D eigenvalue weighted by molar-refractivity contribution is -0.265. The number of aromatic nitrogens is 2. The number of hydrogen-bond acceptors (Lipinski definition) is 7. The van der Waals surface area contributed by atoms with Crippen LogP contribution in [0.25, 0.3) is 22.2 Å². The number of nitrogens with one attached hydrogen (secondary N) is 2. The van der Waals surface area contributed by atoms with Gasteiger partial charge in [-0.25, -0.2) is 9.37 Å². The molecule has 0 spiro atoms. The van der Waals surface area contributed by atoms with Gasteiger partial charge in [0.25, 0.3) is 5.91 Å². The Balaban J connectivity index is 1.39. The molecule has 2 atom stereocenters. The van der Waals surface area contributed by atoms with Crippen LogP contribution in [0.2, 0.25) is 0 Å². The summed E-state index contributed by atoms with van der Waals surface area (Å²) in [7, 11) is 0. The van der Waals surface area contributed by atoms with Gasteiger partial charge >= 0.3 is 6.18 Å². The SMILES string of the molecule is C[C@]1(C(N)=O)COc2c1cc(C(O)(CNC(=O)c1cc(NC(=O)C3CC3)c3ncccc3c1)C(F)(F)F)nc2-c1ccc(F)cc1. The van der Waals surface area contributed by atoms with Gasteiger partial charge in [0, 0.05) is 34.2 Å². The number of pyridine rings is 2. The summed E-state index contributed by atoms with van der Waals surface area (Å²) in [6.07, 6.45) is -2.45. The summed E-state index contributed by atoms with van der Waals surface area (Å²) in [6, 6.07) is 11.4. The first-order chi connectivity index (χ1) is 21.7. The Bertz CT molecular complexity index is 1900. The number of anilines is 1. The molecule has 6 rings (SSSR count). The van der Waals surface area contributed by atoms with Crippen LogP contribution in [0, 0.1) is 11.7 Å². The molecule has 0 radical (unpaired) electrons. The van der Waals surface area contributed by atoms with E-state index in [4.69, 9.17) is 10.5 Å². The second-order valence-corrected chi connectivity index (χ2v) is 11.6. The second kappa shape index (κ2) is 11.1. The van der Waals surface area contributed by atoms with E-state index in [0.29, 0.717) is 10.9 Å². The number of primary amides is 1. The van der Waals surface area contributed by atoms with Crippen LogP contribution in [-0.4, -0.2) is 52.1 Å². The number of aliphatic hydroxyl groups is 1. The Morgan fingerprint density at radius 1 is 1.11 bits per heavy atom. The molecule has 0 bridgehead atoms. The molecular weight excluding hydrogens is 610 g/mol. The number of benzene rings is 2. The highest BCUT2D eigenvalue weighted by atomic mass is 19.4. The van der Waals surface area contributed by atoms with Crippen LogP contribution in [0.1, 0.15) is 41.4 Å². The van der Waals surface area contributed by atoms with Crippen molar-refractivity contribution in [1.82, 2.24) is 15.3 Å². The fraction of sp³-hybridized carbons (Fsp3) is 0.281. The first-order valence-corrected chi connectivity index (χ1v) is 14.2. The number of hydrogen-bond donors (Lipinski definition) is 4. The zero-order valence-corrected chi connectivity index (χ0v) is 24.2. The first-order valence-electron chi connectivity index (χ1n) is 14.2. The third-order valence-electron chi connectivity index (χ3n) is 8.30. The van der Waals surface area contributed by atoms with Gasteiger partial charge in [-0.1, -0.05) is 6.07 Å². The van der Waals surface area contributed by atoms with Crippen LogP contribution in [-0.2, 0) is 20.6 Å². The van der Waals surface area contributed by atoms with Crippen LogP contribution in [0.3, 0.4) is 0 Å². The van der Waals surface area contributed by atoms with Crippen molar-refractivity contribution in [1.29, 1.82) is 0 Å². The molecule has 14 heteroatoms. The number of fused-ring (bicyclic) bond motifs is 2. The van der Waals surface area contributed by atoms with Gasteiger partial charge in [-0.15, -0.1) is 0 Å². The van der Waals surface area contributed by atoms with E-state index in [1.54, 1.807) is 12.1 Å². The number of halogens is 4. The lowest BCUT2D eigenvalue weighted by atomic mass is 9.81. The van der Waals surface area contributed by atoms with Gasteiger partial charge in [0.15, 0.2) is 0 Å². The Labute approximate surface area is 259 Å². The lowest BCUT2D eigenvalue weighted by Crippen LogP contribution is -2.51. The number of carbonyl (C=O) groups is 3. The lowest BCUT2D eigenvalue weighted by Gasteiger charge is -2.31. The van der Waals surface area contributed by atoms with Crippen LogP contribution in [0.5, 0.6) is 5.75 Å². The van der Waals surface area contributed by atoms with E-state index in [0.717, 1.165) is 31.0 Å². The van der Waals surface area contributed by atoms with Crippen molar-refractivity contribution in [2.24, 2.45) is 11.7 Å². The number of carbonyl (C=O) groups excluding carboxylic acids is 3. The molecule has 0 saturated heterocycles. The molecule has 1 saturated carbocycles. The number of nitrogens with zero attached hydrogens (tertiary/aromatic N) is 2. The number of rotatable bonds is 8. The molecule has 1 unspecified atom stereocenters. The minimum atomic E-state index is -5.39. The molecule has 5 N–H and O–H groups in total. The highest BCUT2D eigenvalue weighted by molar-refractivity contribution is 6.06. The van der Waals surface area contributed by atoms with Crippen LogP contribution >= 0.6 is 0 Å². The summed E-state index contributed by atoms with van der Waals surface area (Å²) in [4.78, 5) is 46.6. The highest BCUT2D eigenvalue weighted by Gasteiger charge is 2.57. The summed E-state index contributed by atoms with van der Waals surface area (Å²) in [5.41, 5.74) is -0.305. The van der Waals surface area contributed by atoms with E-state index in [2.05, 4.69) is 20.6 Å². The molecule has 3 heterocycles. The smallest absolute Gasteiger partial charge is 0.424 e. The van der Waals surface area contributed by atoms with Crippen molar-refractivity contribution in [3.8, 4) is 17.0 Å². The number of alkyl halides is 3. The van der Waals surface area contributed by atoms with Gasteiger partial charge in [0.2, 0.25) is 17.4 Å². The molecule has 1 aliphatic heterocycles. The number of nitrogens with two attached hydrogens (primary N) is 1. The Kier molecular flexibility index (Phi) is 7.42. The summed E-state index contributed by atoms with van der Waals surface area (Å²) in [5, 5.41) is 16.6. The average Bonchev–Trinajstić information content (AvgIpc) is 3.82. The Hall–Kier alpha value is -5.11. The molecule has 4 aromatic rings. The fourth-order valence-corrected chi connectivity index (χ4v) is 5.25. The van der Waals surface area contributed by atoms with Crippen LogP contribution < -0.4 is 21.1 Å². The minimum Gasteiger partial charge on any atom is -0.489 e. The van der Waals surface area contributed by atoms with Gasteiger partial charge < -0.3 is 26.2 Å². The average molecular weight is 638 g/mol. The number of amides is 3. The summed E-state index contributed by atoms with van der Waals surface area (Å²) >= 11 is 0. The van der Waals surface area contributed by atoms with Gasteiger partial charge in [0.1, 0.15) is 29.3 Å². The maximum Gasteiger partial charge on any atom is 0.424 e. The quantitative estimate of drug-likeness (QED) is 0.212. The molecule has 1 aliphatic carbocycles. The molecule has 10 nitrogen and oxygen atoms in total. The second-order valence-electron chi connectivity index (χ2n) is 11.6. The monoisotopic (exact) mass is 637 g/mol. The van der Waals surface area contributed by atoms with E-state index in [1.807, 2.05) is 0 Å². The summed E-state index contributed by atoms with van der Waals surface area (Å²) in [6.45, 7) is -0.316. The maximum atomic E-state index is 14.8. The topological polar surface area (TPSA) is 157 Å². The van der Waals surface area contributed by atoms with E-state index in [1.165, 1.54) is 37.4 Å². The Morgan fingerprint density at radius 3 is 2.48 bits per heavy atom. The summed E-state index contributed by atoms with van der Waals surface area (Å²) < 4.78 is 63.6. The van der Waals surface area contributed by atoms with Gasteiger partial charge in [-0.2, -0.15) is 13.2 Å². The van der Waals surface area contributed by atoms with Crippen molar-refractivity contribution >= 4 is 34.3 Å². The van der Waals surface area contributed by atoms with Gasteiger partial charge in [0.05, 0.1) is 23.4 Å². The molecule has 1 fully saturated rings. The van der Waals surface area contributed by atoms with Gasteiger partial charge in [-0.3, -0.25) is 19.4 Å². The predicted octanol–water partition coefficient (Wildman–Crippen LogP) is 4.10. The molecule has 2 aromatic carbocycles. The number of ether oxygens (including phenoxy) is 1. The van der Waals surface area contributed by atoms with E-state index in [-0.39, 0.29) is 52.3 Å². The first kappa shape index (κ1) is 30.9. The normalized spacial score (nSPS) is 18.7. The van der Waals surface area contributed by atoms with E-state index in [9.17, 15) is 37.1 Å². The molecular formula is C32H27F4N5O5. The predicted molar refractivity (Wildman–Crippen MR) is 157 cm³/mol. The summed E-state index contributed by atoms with van der Waals surface area (Å²) in [5.74, 6) is -2.97. The third kappa shape index (κ3) is 5.38. The Morgan fingerprint density at radius 2 is 1.83 bits per heavy atom. The molecule has 2 aliphatic rings. The largest absolute Gasteiger partial charge is 0.489 e. The minimum absolute atomic E-state index is 0.0456. The molecule has 2 aromatic heterocycles. The molecule has 3 amide bonds. The van der Waals surface area contributed by atoms with Crippen molar-refractivity contribution in [2.45, 2.75) is 37.0 Å². The van der Waals surface area contributed by atoms with Crippen molar-refractivity contribution < 1.29 is 41.8 Å². The zero-order valence-electron chi connectivity index (χ0n) is 24.2. The highest BCUT2D eigenvalue weighted by Crippen LogP contribution is 2.47. The molecule has 46 heavy (non-hydrogen) atoms. The van der Waals surface area contributed by atoms with E-state index >= 15 is 0 Å². The maximum absolute atomic E-state index is 14.8. The van der Waals surface area contributed by atoms with Crippen molar-refractivity contribution in [2.75, 3.05) is 18.5 Å². The van der Waals surface area contributed by atoms with E-state index < -0.39 is 47.1 Å². The van der Waals surface area contributed by atoms with Crippen LogP contribution in [0.4, 0.5) is 23.2 Å². The van der Waals surface area contributed by atoms with Crippen molar-refractivity contribution in [3.05, 3.63) is 83.4 Å². The third-order valence-corrected chi connectivity index (χ3v) is 8.30. The molecule has 238 valence electrons.